The molecule has 6 heteroatoms. The summed E-state index contributed by atoms with van der Waals surface area (Å²) < 4.78 is 45.4. The first-order valence-corrected chi connectivity index (χ1v) is 9.42. The molecule has 1 heterocycles. The summed E-state index contributed by atoms with van der Waals surface area (Å²) in [5, 5.41) is 3.51. The lowest BCUT2D eigenvalue weighted by molar-refractivity contribution is -0.137. The zero-order valence-corrected chi connectivity index (χ0v) is 16.7. The average Bonchev–Trinajstić information content (AvgIpc) is 2.59. The van der Waals surface area contributed by atoms with Crippen molar-refractivity contribution in [3.05, 3.63) is 59.2 Å². The minimum absolute atomic E-state index is 0.107. The van der Waals surface area contributed by atoms with Crippen LogP contribution in [0.5, 0.6) is 5.75 Å². The molecule has 0 saturated heterocycles. The zero-order chi connectivity index (χ0) is 20.5. The molecule has 0 radical (unpaired) electrons. The molecule has 0 fully saturated rings. The second-order valence-electron chi connectivity index (χ2n) is 8.29. The van der Waals surface area contributed by atoms with Gasteiger partial charge in [-0.05, 0) is 57.6 Å². The van der Waals surface area contributed by atoms with E-state index in [0.717, 1.165) is 29.6 Å². The number of nitrogens with one attached hydrogen (secondary N) is 1. The summed E-state index contributed by atoms with van der Waals surface area (Å²) >= 11 is 0. The van der Waals surface area contributed by atoms with Crippen molar-refractivity contribution in [3.63, 3.8) is 0 Å². The van der Waals surface area contributed by atoms with Crippen molar-refractivity contribution in [2.75, 3.05) is 32.6 Å². The minimum Gasteiger partial charge on any atom is -0.492 e. The minimum atomic E-state index is -4.34. The molecule has 1 aliphatic rings. The number of likely N-dealkylation sites (N-methyl/N-ethyl adjacent to an activating group) is 1. The van der Waals surface area contributed by atoms with Gasteiger partial charge in [0.1, 0.15) is 12.4 Å². The van der Waals surface area contributed by atoms with Crippen LogP contribution in [0.15, 0.2) is 42.5 Å². The third-order valence-electron chi connectivity index (χ3n) is 5.01. The Balaban J connectivity index is 1.93. The smallest absolute Gasteiger partial charge is 0.416 e. The maximum atomic E-state index is 13.2. The molecule has 0 saturated carbocycles. The van der Waals surface area contributed by atoms with E-state index in [0.29, 0.717) is 18.6 Å². The van der Waals surface area contributed by atoms with Gasteiger partial charge in [-0.15, -0.1) is 0 Å². The molecule has 152 valence electrons. The van der Waals surface area contributed by atoms with Crippen LogP contribution in [0.1, 0.15) is 42.9 Å². The monoisotopic (exact) mass is 392 g/mol. The molecule has 0 aromatic heterocycles. The Morgan fingerprint density at radius 2 is 1.89 bits per heavy atom. The third-order valence-corrected chi connectivity index (χ3v) is 5.01. The highest BCUT2D eigenvalue weighted by molar-refractivity contribution is 5.62. The first kappa shape index (κ1) is 20.5. The summed E-state index contributed by atoms with van der Waals surface area (Å²) in [5.74, 6) is 0.651. The Morgan fingerprint density at radius 1 is 1.14 bits per heavy atom. The van der Waals surface area contributed by atoms with Gasteiger partial charge in [-0.2, -0.15) is 13.2 Å². The standard InChI is InChI=1S/C22H27F3N2O/c1-21(2)14-19(15-6-5-7-16(12-15)22(23,24)25)18-9-8-17(13-20(18)26-21)28-11-10-27(3)4/h5-9,12-13,19,26H,10-11,14H2,1-4H3. The fourth-order valence-corrected chi connectivity index (χ4v) is 3.65. The van der Waals surface area contributed by atoms with E-state index in [1.807, 2.05) is 37.2 Å². The summed E-state index contributed by atoms with van der Waals surface area (Å²) in [6.07, 6.45) is -3.63. The van der Waals surface area contributed by atoms with Crippen molar-refractivity contribution in [2.45, 2.75) is 37.9 Å². The second kappa shape index (κ2) is 7.66. The molecule has 2 aromatic rings. The SMILES string of the molecule is CN(C)CCOc1ccc2c(c1)NC(C)(C)CC2c1cccc(C(F)(F)F)c1. The molecule has 2 aromatic carbocycles. The summed E-state index contributed by atoms with van der Waals surface area (Å²) in [7, 11) is 3.97. The van der Waals surface area contributed by atoms with Gasteiger partial charge in [0.25, 0.3) is 0 Å². The third kappa shape index (κ3) is 4.79. The van der Waals surface area contributed by atoms with Crippen molar-refractivity contribution in [2.24, 2.45) is 0 Å². The van der Waals surface area contributed by atoms with Crippen molar-refractivity contribution >= 4 is 5.69 Å². The van der Waals surface area contributed by atoms with Crippen LogP contribution < -0.4 is 10.1 Å². The summed E-state index contributed by atoms with van der Waals surface area (Å²) in [6, 6.07) is 11.5. The van der Waals surface area contributed by atoms with Crippen LogP contribution in [0, 0.1) is 0 Å². The lowest BCUT2D eigenvalue weighted by atomic mass is 9.77. The first-order valence-electron chi connectivity index (χ1n) is 9.42. The van der Waals surface area contributed by atoms with E-state index in [4.69, 9.17) is 4.74 Å². The summed E-state index contributed by atoms with van der Waals surface area (Å²) in [4.78, 5) is 2.05. The molecule has 0 amide bonds. The molecule has 3 rings (SSSR count). The lowest BCUT2D eigenvalue weighted by Gasteiger charge is -2.39. The summed E-state index contributed by atoms with van der Waals surface area (Å²) in [6.45, 7) is 5.52. The molecular formula is C22H27F3N2O. The Morgan fingerprint density at radius 3 is 2.57 bits per heavy atom. The number of halogens is 3. The molecular weight excluding hydrogens is 365 g/mol. The summed E-state index contributed by atoms with van der Waals surface area (Å²) in [5.41, 5.74) is 1.76. The second-order valence-corrected chi connectivity index (χ2v) is 8.29. The number of rotatable bonds is 5. The van der Waals surface area contributed by atoms with E-state index in [1.54, 1.807) is 6.07 Å². The fourth-order valence-electron chi connectivity index (χ4n) is 3.65. The van der Waals surface area contributed by atoms with E-state index >= 15 is 0 Å². The van der Waals surface area contributed by atoms with Gasteiger partial charge in [0.2, 0.25) is 0 Å². The Kier molecular flexibility index (Phi) is 5.62. The number of alkyl halides is 3. The quantitative estimate of drug-likeness (QED) is 0.740. The first-order chi connectivity index (χ1) is 13.0. The van der Waals surface area contributed by atoms with Crippen LogP contribution in [-0.2, 0) is 6.18 Å². The van der Waals surface area contributed by atoms with Gasteiger partial charge in [0.05, 0.1) is 5.56 Å². The maximum Gasteiger partial charge on any atom is 0.416 e. The van der Waals surface area contributed by atoms with E-state index in [1.165, 1.54) is 12.1 Å². The van der Waals surface area contributed by atoms with Crippen molar-refractivity contribution in [3.8, 4) is 5.75 Å². The lowest BCUT2D eigenvalue weighted by Crippen LogP contribution is -2.37. The normalized spacial score (nSPS) is 18.5. The number of anilines is 1. The van der Waals surface area contributed by atoms with Gasteiger partial charge in [-0.3, -0.25) is 0 Å². The zero-order valence-electron chi connectivity index (χ0n) is 16.7. The molecule has 1 atom stereocenters. The van der Waals surface area contributed by atoms with Crippen LogP contribution in [-0.4, -0.2) is 37.7 Å². The van der Waals surface area contributed by atoms with E-state index in [2.05, 4.69) is 19.2 Å². The number of benzene rings is 2. The van der Waals surface area contributed by atoms with Crippen molar-refractivity contribution in [1.82, 2.24) is 4.90 Å². The van der Waals surface area contributed by atoms with E-state index in [-0.39, 0.29) is 11.5 Å². The number of fused-ring (bicyclic) bond motifs is 1. The highest BCUT2D eigenvalue weighted by Gasteiger charge is 2.35. The van der Waals surface area contributed by atoms with Gasteiger partial charge in [0.15, 0.2) is 0 Å². The van der Waals surface area contributed by atoms with Gasteiger partial charge in [0, 0.05) is 29.8 Å². The van der Waals surface area contributed by atoms with Gasteiger partial charge in [-0.1, -0.05) is 24.3 Å². The van der Waals surface area contributed by atoms with Crippen molar-refractivity contribution in [1.29, 1.82) is 0 Å². The van der Waals surface area contributed by atoms with Crippen LogP contribution in [0.2, 0.25) is 0 Å². The predicted molar refractivity (Wildman–Crippen MR) is 106 cm³/mol. The molecule has 1 N–H and O–H groups in total. The topological polar surface area (TPSA) is 24.5 Å². The molecule has 3 nitrogen and oxygen atoms in total. The number of hydrogen-bond acceptors (Lipinski definition) is 3. The predicted octanol–water partition coefficient (Wildman–Crippen LogP) is 5.37. The van der Waals surface area contributed by atoms with Crippen molar-refractivity contribution < 1.29 is 17.9 Å². The number of nitrogens with zero attached hydrogens (tertiary/aromatic N) is 1. The molecule has 0 bridgehead atoms. The average molecular weight is 392 g/mol. The molecule has 0 aliphatic carbocycles. The highest BCUT2D eigenvalue weighted by Crippen LogP contribution is 2.44. The molecule has 1 unspecified atom stereocenters. The van der Waals surface area contributed by atoms with Crippen LogP contribution in [0.25, 0.3) is 0 Å². The van der Waals surface area contributed by atoms with Gasteiger partial charge >= 0.3 is 6.18 Å². The van der Waals surface area contributed by atoms with E-state index < -0.39 is 11.7 Å². The maximum absolute atomic E-state index is 13.2. The molecule has 1 aliphatic heterocycles. The molecule has 28 heavy (non-hydrogen) atoms. The fraction of sp³-hybridized carbons (Fsp3) is 0.455. The van der Waals surface area contributed by atoms with Crippen LogP contribution >= 0.6 is 0 Å². The Hall–Kier alpha value is -2.21. The van der Waals surface area contributed by atoms with Gasteiger partial charge in [-0.25, -0.2) is 0 Å². The largest absolute Gasteiger partial charge is 0.492 e. The van der Waals surface area contributed by atoms with Crippen LogP contribution in [0.4, 0.5) is 18.9 Å². The van der Waals surface area contributed by atoms with E-state index in [9.17, 15) is 13.2 Å². The number of hydrogen-bond donors (Lipinski definition) is 1. The molecule has 0 spiro atoms. The Bertz CT molecular complexity index is 831. The van der Waals surface area contributed by atoms with Gasteiger partial charge < -0.3 is 15.0 Å². The highest BCUT2D eigenvalue weighted by atomic mass is 19.4. The number of ether oxygens (including phenoxy) is 1. The van der Waals surface area contributed by atoms with Crippen LogP contribution in [0.3, 0.4) is 0 Å². The Labute approximate surface area is 164 Å².